The molecule has 3 rings (SSSR count). The van der Waals surface area contributed by atoms with Crippen LogP contribution in [0.25, 0.3) is 5.76 Å². The Kier molecular flexibility index (Phi) is 4.78. The van der Waals surface area contributed by atoms with Crippen molar-refractivity contribution < 1.29 is 17.9 Å². The standard InChI is InChI=1S/C18H17NO4S/c20-18-11-10-17(23-18)15-8-6-14(7-9-15)12-13-19-24(21,22)16-4-2-1-3-5-16/h1-10,19H,11-13H2. The van der Waals surface area contributed by atoms with Crippen LogP contribution in [-0.2, 0) is 26.0 Å². The molecule has 124 valence electrons. The van der Waals surface area contributed by atoms with E-state index in [2.05, 4.69) is 4.72 Å². The summed E-state index contributed by atoms with van der Waals surface area (Å²) in [5.41, 5.74) is 1.84. The van der Waals surface area contributed by atoms with Crippen molar-refractivity contribution in [3.63, 3.8) is 0 Å². The van der Waals surface area contributed by atoms with Gasteiger partial charge in [0.05, 0.1) is 11.3 Å². The third-order valence-corrected chi connectivity index (χ3v) is 5.15. The lowest BCUT2D eigenvalue weighted by atomic mass is 10.1. The number of nitrogens with one attached hydrogen (secondary N) is 1. The van der Waals surface area contributed by atoms with Gasteiger partial charge in [-0.1, -0.05) is 42.5 Å². The molecule has 0 unspecified atom stereocenters. The second-order valence-corrected chi connectivity index (χ2v) is 7.17. The largest absolute Gasteiger partial charge is 0.426 e. The number of cyclic esters (lactones) is 1. The van der Waals surface area contributed by atoms with Crippen molar-refractivity contribution in [3.05, 3.63) is 71.8 Å². The Hall–Kier alpha value is -2.44. The summed E-state index contributed by atoms with van der Waals surface area (Å²) in [5, 5.41) is 0. The van der Waals surface area contributed by atoms with Gasteiger partial charge in [0, 0.05) is 12.1 Å². The number of hydrogen-bond donors (Lipinski definition) is 1. The number of carbonyl (C=O) groups is 1. The van der Waals surface area contributed by atoms with Crippen molar-refractivity contribution in [2.75, 3.05) is 6.54 Å². The molecule has 2 aromatic rings. The van der Waals surface area contributed by atoms with Crippen LogP contribution in [0.4, 0.5) is 0 Å². The number of hydrogen-bond acceptors (Lipinski definition) is 4. The highest BCUT2D eigenvalue weighted by atomic mass is 32.2. The molecule has 0 radical (unpaired) electrons. The van der Waals surface area contributed by atoms with Gasteiger partial charge in [0.25, 0.3) is 0 Å². The SMILES string of the molecule is O=C1CC=C(c2ccc(CCNS(=O)(=O)c3ccccc3)cc2)O1. The molecule has 0 fully saturated rings. The van der Waals surface area contributed by atoms with E-state index in [1.54, 1.807) is 36.4 Å². The zero-order valence-electron chi connectivity index (χ0n) is 12.9. The van der Waals surface area contributed by atoms with Crippen molar-refractivity contribution in [2.24, 2.45) is 0 Å². The molecule has 0 aromatic heterocycles. The van der Waals surface area contributed by atoms with Gasteiger partial charge in [0.2, 0.25) is 10.0 Å². The molecule has 6 heteroatoms. The van der Waals surface area contributed by atoms with Crippen LogP contribution in [0.2, 0.25) is 0 Å². The van der Waals surface area contributed by atoms with Gasteiger partial charge in [-0.15, -0.1) is 0 Å². The van der Waals surface area contributed by atoms with Gasteiger partial charge in [0.1, 0.15) is 5.76 Å². The van der Waals surface area contributed by atoms with E-state index in [1.165, 1.54) is 0 Å². The summed E-state index contributed by atoms with van der Waals surface area (Å²) in [5.74, 6) is 0.334. The van der Waals surface area contributed by atoms with Crippen LogP contribution in [0.1, 0.15) is 17.5 Å². The third-order valence-electron chi connectivity index (χ3n) is 3.68. The zero-order chi connectivity index (χ0) is 17.0. The molecule has 1 heterocycles. The summed E-state index contributed by atoms with van der Waals surface area (Å²) in [7, 11) is -3.47. The fourth-order valence-electron chi connectivity index (χ4n) is 2.41. The van der Waals surface area contributed by atoms with E-state index in [-0.39, 0.29) is 10.9 Å². The maximum Gasteiger partial charge on any atom is 0.315 e. The summed E-state index contributed by atoms with van der Waals surface area (Å²) >= 11 is 0. The van der Waals surface area contributed by atoms with Crippen LogP contribution in [0.3, 0.4) is 0 Å². The van der Waals surface area contributed by atoms with Gasteiger partial charge < -0.3 is 4.74 Å². The molecule has 0 atom stereocenters. The Morgan fingerprint density at radius 3 is 2.33 bits per heavy atom. The minimum Gasteiger partial charge on any atom is -0.426 e. The first-order valence-electron chi connectivity index (χ1n) is 7.59. The Balaban J connectivity index is 1.57. The van der Waals surface area contributed by atoms with Crippen molar-refractivity contribution in [1.29, 1.82) is 0 Å². The van der Waals surface area contributed by atoms with E-state index in [9.17, 15) is 13.2 Å². The number of esters is 1. The molecule has 0 bridgehead atoms. The molecule has 1 aliphatic heterocycles. The first-order chi connectivity index (χ1) is 11.5. The molecular weight excluding hydrogens is 326 g/mol. The Labute approximate surface area is 141 Å². The normalized spacial score (nSPS) is 14.3. The number of sulfonamides is 1. The molecule has 0 amide bonds. The Bertz CT molecular complexity index is 856. The van der Waals surface area contributed by atoms with Crippen LogP contribution in [0.15, 0.2) is 65.6 Å². The molecule has 1 aliphatic rings. The van der Waals surface area contributed by atoms with Crippen molar-refractivity contribution in [3.8, 4) is 0 Å². The molecule has 0 aliphatic carbocycles. The number of ether oxygens (including phenoxy) is 1. The fraction of sp³-hybridized carbons (Fsp3) is 0.167. The van der Waals surface area contributed by atoms with Crippen LogP contribution in [-0.4, -0.2) is 20.9 Å². The van der Waals surface area contributed by atoms with Gasteiger partial charge in [-0.3, -0.25) is 4.79 Å². The fourth-order valence-corrected chi connectivity index (χ4v) is 3.46. The lowest BCUT2D eigenvalue weighted by Gasteiger charge is -2.08. The number of carbonyl (C=O) groups excluding carboxylic acids is 1. The minimum absolute atomic E-state index is 0.246. The van der Waals surface area contributed by atoms with Gasteiger partial charge >= 0.3 is 5.97 Å². The average molecular weight is 343 g/mol. The number of benzene rings is 2. The zero-order valence-corrected chi connectivity index (χ0v) is 13.8. The molecule has 1 N–H and O–H groups in total. The molecule has 0 spiro atoms. The third kappa shape index (κ3) is 3.90. The van der Waals surface area contributed by atoms with Crippen LogP contribution < -0.4 is 4.72 Å². The maximum absolute atomic E-state index is 12.1. The summed E-state index contributed by atoms with van der Waals surface area (Å²) in [4.78, 5) is 11.4. The summed E-state index contributed by atoms with van der Waals surface area (Å²) in [6.45, 7) is 0.314. The van der Waals surface area contributed by atoms with E-state index >= 15 is 0 Å². The van der Waals surface area contributed by atoms with Gasteiger partial charge in [-0.2, -0.15) is 0 Å². The topological polar surface area (TPSA) is 72.5 Å². The Morgan fingerprint density at radius 2 is 1.71 bits per heavy atom. The molecular formula is C18H17NO4S. The smallest absolute Gasteiger partial charge is 0.315 e. The van der Waals surface area contributed by atoms with Crippen molar-refractivity contribution >= 4 is 21.8 Å². The molecule has 0 saturated carbocycles. The lowest BCUT2D eigenvalue weighted by molar-refractivity contribution is -0.134. The van der Waals surface area contributed by atoms with E-state index in [0.29, 0.717) is 25.1 Å². The van der Waals surface area contributed by atoms with Crippen LogP contribution in [0.5, 0.6) is 0 Å². The highest BCUT2D eigenvalue weighted by molar-refractivity contribution is 7.89. The maximum atomic E-state index is 12.1. The molecule has 5 nitrogen and oxygen atoms in total. The molecule has 0 saturated heterocycles. The summed E-state index contributed by atoms with van der Waals surface area (Å²) in [6, 6.07) is 15.8. The first kappa shape index (κ1) is 16.4. The highest BCUT2D eigenvalue weighted by Gasteiger charge is 2.16. The van der Waals surface area contributed by atoms with Crippen LogP contribution in [0, 0.1) is 0 Å². The number of rotatable bonds is 6. The van der Waals surface area contributed by atoms with Gasteiger partial charge in [-0.25, -0.2) is 13.1 Å². The average Bonchev–Trinajstić information content (AvgIpc) is 3.03. The second kappa shape index (κ2) is 6.98. The van der Waals surface area contributed by atoms with Crippen molar-refractivity contribution in [2.45, 2.75) is 17.7 Å². The predicted molar refractivity (Wildman–Crippen MR) is 90.5 cm³/mol. The minimum atomic E-state index is -3.47. The lowest BCUT2D eigenvalue weighted by Crippen LogP contribution is -2.25. The predicted octanol–water partition coefficient (Wildman–Crippen LogP) is 2.50. The van der Waals surface area contributed by atoms with Crippen LogP contribution >= 0.6 is 0 Å². The first-order valence-corrected chi connectivity index (χ1v) is 9.08. The van der Waals surface area contributed by atoms with E-state index in [1.807, 2.05) is 24.3 Å². The van der Waals surface area contributed by atoms with Crippen molar-refractivity contribution in [1.82, 2.24) is 4.72 Å². The monoisotopic (exact) mass is 343 g/mol. The summed E-state index contributed by atoms with van der Waals surface area (Å²) < 4.78 is 31.9. The summed E-state index contributed by atoms with van der Waals surface area (Å²) in [6.07, 6.45) is 2.63. The van der Waals surface area contributed by atoms with E-state index < -0.39 is 10.0 Å². The van der Waals surface area contributed by atoms with E-state index in [0.717, 1.165) is 11.1 Å². The molecule has 2 aromatic carbocycles. The van der Waals surface area contributed by atoms with Gasteiger partial charge in [0.15, 0.2) is 0 Å². The molecule has 24 heavy (non-hydrogen) atoms. The van der Waals surface area contributed by atoms with E-state index in [4.69, 9.17) is 4.74 Å². The Morgan fingerprint density at radius 1 is 1.00 bits per heavy atom. The highest BCUT2D eigenvalue weighted by Crippen LogP contribution is 2.22. The van der Waals surface area contributed by atoms with Gasteiger partial charge in [-0.05, 0) is 30.2 Å². The quantitative estimate of drug-likeness (QED) is 0.818. The second-order valence-electron chi connectivity index (χ2n) is 5.40.